The van der Waals surface area contributed by atoms with E-state index in [1.165, 1.54) is 17.5 Å². The normalized spacial score (nSPS) is 19.4. The molecule has 0 aliphatic carbocycles. The van der Waals surface area contributed by atoms with Crippen LogP contribution in [0.15, 0.2) is 30.3 Å². The molecule has 0 saturated carbocycles. The predicted octanol–water partition coefficient (Wildman–Crippen LogP) is 3.60. The summed E-state index contributed by atoms with van der Waals surface area (Å²) in [5.74, 6) is 0.710. The lowest BCUT2D eigenvalue weighted by Crippen LogP contribution is -2.26. The van der Waals surface area contributed by atoms with Crippen molar-refractivity contribution in [2.45, 2.75) is 33.8 Å². The summed E-state index contributed by atoms with van der Waals surface area (Å²) in [5.41, 5.74) is 3.29. The van der Waals surface area contributed by atoms with E-state index < -0.39 is 0 Å². The molecule has 1 aliphatic rings. The van der Waals surface area contributed by atoms with Crippen LogP contribution >= 0.6 is 0 Å². The van der Waals surface area contributed by atoms with Crippen molar-refractivity contribution in [3.63, 3.8) is 0 Å². The monoisotopic (exact) mass is 284 g/mol. The van der Waals surface area contributed by atoms with Crippen LogP contribution in [0.4, 0.5) is 5.69 Å². The van der Waals surface area contributed by atoms with Gasteiger partial charge in [-0.05, 0) is 29.9 Å². The standard InChI is InChI=1S/C18H24N2O/c1-18(2,3)13-8-9-20(11-13)17-10-14(12-21)19-16-7-5-4-6-15(16)17/h4-7,10,13,21H,8-9,11-12H2,1-3H3. The number of anilines is 1. The fourth-order valence-corrected chi connectivity index (χ4v) is 3.24. The molecule has 3 rings (SSSR count). The average Bonchev–Trinajstić information content (AvgIpc) is 2.95. The number of nitrogens with zero attached hydrogens (tertiary/aromatic N) is 2. The topological polar surface area (TPSA) is 36.4 Å². The van der Waals surface area contributed by atoms with Gasteiger partial charge in [-0.3, -0.25) is 4.98 Å². The van der Waals surface area contributed by atoms with Gasteiger partial charge in [-0.1, -0.05) is 39.0 Å². The molecule has 1 fully saturated rings. The number of fused-ring (bicyclic) bond motifs is 1. The van der Waals surface area contributed by atoms with Gasteiger partial charge in [0.1, 0.15) is 0 Å². The Hall–Kier alpha value is -1.61. The van der Waals surface area contributed by atoms with Crippen LogP contribution in [0.1, 0.15) is 32.9 Å². The summed E-state index contributed by atoms with van der Waals surface area (Å²) in [7, 11) is 0. The highest BCUT2D eigenvalue weighted by molar-refractivity contribution is 5.92. The third-order valence-corrected chi connectivity index (χ3v) is 4.66. The molecular formula is C18H24N2O. The van der Waals surface area contributed by atoms with Crippen molar-refractivity contribution in [2.24, 2.45) is 11.3 Å². The van der Waals surface area contributed by atoms with E-state index >= 15 is 0 Å². The maximum atomic E-state index is 9.46. The Morgan fingerprint density at radius 2 is 2.05 bits per heavy atom. The molecule has 1 aromatic carbocycles. The van der Waals surface area contributed by atoms with Crippen LogP contribution in [-0.4, -0.2) is 23.2 Å². The molecule has 1 N–H and O–H groups in total. The van der Waals surface area contributed by atoms with Crippen molar-refractivity contribution in [3.8, 4) is 0 Å². The molecule has 3 heteroatoms. The van der Waals surface area contributed by atoms with E-state index in [2.05, 4.69) is 42.8 Å². The lowest BCUT2D eigenvalue weighted by molar-refractivity contribution is 0.263. The Morgan fingerprint density at radius 1 is 1.29 bits per heavy atom. The molecule has 1 atom stereocenters. The van der Waals surface area contributed by atoms with Crippen LogP contribution < -0.4 is 4.90 Å². The molecule has 2 heterocycles. The quantitative estimate of drug-likeness (QED) is 0.915. The zero-order valence-corrected chi connectivity index (χ0v) is 13.1. The van der Waals surface area contributed by atoms with Crippen molar-refractivity contribution in [1.82, 2.24) is 4.98 Å². The summed E-state index contributed by atoms with van der Waals surface area (Å²) < 4.78 is 0. The molecule has 0 bridgehead atoms. The number of hydrogen-bond donors (Lipinski definition) is 1. The van der Waals surface area contributed by atoms with Crippen molar-refractivity contribution < 1.29 is 5.11 Å². The minimum absolute atomic E-state index is 0.00558. The van der Waals surface area contributed by atoms with Crippen LogP contribution in [0.3, 0.4) is 0 Å². The van der Waals surface area contributed by atoms with Crippen molar-refractivity contribution in [1.29, 1.82) is 0 Å². The van der Waals surface area contributed by atoms with Crippen LogP contribution in [0.25, 0.3) is 10.9 Å². The van der Waals surface area contributed by atoms with E-state index in [-0.39, 0.29) is 6.61 Å². The second kappa shape index (κ2) is 5.30. The Morgan fingerprint density at radius 3 is 2.71 bits per heavy atom. The van der Waals surface area contributed by atoms with Gasteiger partial charge in [0.2, 0.25) is 0 Å². The maximum Gasteiger partial charge on any atom is 0.0854 e. The van der Waals surface area contributed by atoms with Gasteiger partial charge < -0.3 is 10.0 Å². The van der Waals surface area contributed by atoms with Gasteiger partial charge >= 0.3 is 0 Å². The predicted molar refractivity (Wildman–Crippen MR) is 87.4 cm³/mol. The van der Waals surface area contributed by atoms with Gasteiger partial charge in [0.25, 0.3) is 0 Å². The second-order valence-corrected chi connectivity index (χ2v) is 7.11. The van der Waals surface area contributed by atoms with Gasteiger partial charge in [-0.25, -0.2) is 0 Å². The first kappa shape index (κ1) is 14.3. The molecular weight excluding hydrogens is 260 g/mol. The number of aliphatic hydroxyl groups is 1. The van der Waals surface area contributed by atoms with Crippen molar-refractivity contribution in [2.75, 3.05) is 18.0 Å². The highest BCUT2D eigenvalue weighted by atomic mass is 16.3. The Balaban J connectivity index is 2.00. The first-order valence-electron chi connectivity index (χ1n) is 7.73. The molecule has 1 unspecified atom stereocenters. The minimum Gasteiger partial charge on any atom is -0.390 e. The second-order valence-electron chi connectivity index (χ2n) is 7.11. The average molecular weight is 284 g/mol. The zero-order valence-electron chi connectivity index (χ0n) is 13.1. The first-order chi connectivity index (χ1) is 9.99. The molecule has 1 aromatic heterocycles. The van der Waals surface area contributed by atoms with Gasteiger partial charge in [0.05, 0.1) is 17.8 Å². The summed E-state index contributed by atoms with van der Waals surface area (Å²) in [5, 5.41) is 10.6. The number of hydrogen-bond acceptors (Lipinski definition) is 3. The number of para-hydroxylation sites is 1. The smallest absolute Gasteiger partial charge is 0.0854 e. The van der Waals surface area contributed by atoms with E-state index in [0.29, 0.717) is 11.3 Å². The summed E-state index contributed by atoms with van der Waals surface area (Å²) in [4.78, 5) is 6.97. The van der Waals surface area contributed by atoms with Gasteiger partial charge in [0.15, 0.2) is 0 Å². The molecule has 21 heavy (non-hydrogen) atoms. The maximum absolute atomic E-state index is 9.46. The summed E-state index contributed by atoms with van der Waals surface area (Å²) in [6.07, 6.45) is 1.23. The molecule has 0 radical (unpaired) electrons. The SMILES string of the molecule is CC(C)(C)C1CCN(c2cc(CO)nc3ccccc23)C1. The highest BCUT2D eigenvalue weighted by Crippen LogP contribution is 2.37. The van der Waals surface area contributed by atoms with Crippen LogP contribution in [0.2, 0.25) is 0 Å². The molecule has 0 spiro atoms. The number of aromatic nitrogens is 1. The first-order valence-corrected chi connectivity index (χ1v) is 7.73. The molecule has 2 aromatic rings. The van der Waals surface area contributed by atoms with Crippen LogP contribution in [-0.2, 0) is 6.61 Å². The third-order valence-electron chi connectivity index (χ3n) is 4.66. The van der Waals surface area contributed by atoms with Gasteiger partial charge in [0, 0.05) is 24.2 Å². The van der Waals surface area contributed by atoms with E-state index in [1.807, 2.05) is 18.2 Å². The number of aliphatic hydroxyl groups excluding tert-OH is 1. The van der Waals surface area contributed by atoms with E-state index in [1.54, 1.807) is 0 Å². The largest absolute Gasteiger partial charge is 0.390 e. The molecule has 1 aliphatic heterocycles. The van der Waals surface area contributed by atoms with E-state index in [4.69, 9.17) is 0 Å². The Kier molecular flexibility index (Phi) is 3.62. The third kappa shape index (κ3) is 2.75. The van der Waals surface area contributed by atoms with Gasteiger partial charge in [-0.2, -0.15) is 0 Å². The number of rotatable bonds is 2. The Labute approximate surface area is 126 Å². The number of benzene rings is 1. The minimum atomic E-state index is -0.00558. The van der Waals surface area contributed by atoms with E-state index in [9.17, 15) is 5.11 Å². The Bertz CT molecular complexity index is 645. The van der Waals surface area contributed by atoms with Crippen LogP contribution in [0.5, 0.6) is 0 Å². The van der Waals surface area contributed by atoms with Crippen molar-refractivity contribution >= 4 is 16.6 Å². The molecule has 3 nitrogen and oxygen atoms in total. The summed E-state index contributed by atoms with van der Waals surface area (Å²) >= 11 is 0. The summed E-state index contributed by atoms with van der Waals surface area (Å²) in [6.45, 7) is 9.14. The highest BCUT2D eigenvalue weighted by Gasteiger charge is 2.32. The molecule has 0 amide bonds. The van der Waals surface area contributed by atoms with Crippen LogP contribution in [0, 0.1) is 11.3 Å². The molecule has 1 saturated heterocycles. The lowest BCUT2D eigenvalue weighted by atomic mass is 9.80. The zero-order chi connectivity index (χ0) is 15.0. The lowest BCUT2D eigenvalue weighted by Gasteiger charge is -2.28. The fraction of sp³-hybridized carbons (Fsp3) is 0.500. The molecule has 112 valence electrons. The number of pyridine rings is 1. The van der Waals surface area contributed by atoms with Gasteiger partial charge in [-0.15, -0.1) is 0 Å². The van der Waals surface area contributed by atoms with Crippen molar-refractivity contribution in [3.05, 3.63) is 36.0 Å². The summed E-state index contributed by atoms with van der Waals surface area (Å²) in [6, 6.07) is 10.3. The fourth-order valence-electron chi connectivity index (χ4n) is 3.24. The van der Waals surface area contributed by atoms with E-state index in [0.717, 1.165) is 24.3 Å².